The minimum atomic E-state index is -0.0828. The van der Waals surface area contributed by atoms with E-state index in [1.165, 1.54) is 11.8 Å². The van der Waals surface area contributed by atoms with Gasteiger partial charge in [0.1, 0.15) is 4.32 Å². The van der Waals surface area contributed by atoms with Gasteiger partial charge in [0, 0.05) is 42.6 Å². The van der Waals surface area contributed by atoms with Crippen LogP contribution in [0.2, 0.25) is 5.02 Å². The molecule has 1 aliphatic heterocycles. The zero-order valence-electron chi connectivity index (χ0n) is 16.8. The van der Waals surface area contributed by atoms with Gasteiger partial charge in [-0.25, -0.2) is 4.68 Å². The van der Waals surface area contributed by atoms with Crippen LogP contribution in [0.1, 0.15) is 12.0 Å². The average Bonchev–Trinajstić information content (AvgIpc) is 3.31. The predicted molar refractivity (Wildman–Crippen MR) is 130 cm³/mol. The van der Waals surface area contributed by atoms with Gasteiger partial charge in [0.05, 0.1) is 16.3 Å². The van der Waals surface area contributed by atoms with Crippen molar-refractivity contribution < 1.29 is 9.53 Å². The summed E-state index contributed by atoms with van der Waals surface area (Å²) in [5, 5.41) is 5.45. The van der Waals surface area contributed by atoms with E-state index >= 15 is 0 Å². The number of hydrogen-bond donors (Lipinski definition) is 0. The van der Waals surface area contributed by atoms with E-state index in [1.807, 2.05) is 71.6 Å². The Morgan fingerprint density at radius 3 is 2.61 bits per heavy atom. The fraction of sp³-hybridized carbons (Fsp3) is 0.174. The van der Waals surface area contributed by atoms with E-state index in [1.54, 1.807) is 12.0 Å². The summed E-state index contributed by atoms with van der Waals surface area (Å²) in [6, 6.07) is 17.4. The van der Waals surface area contributed by atoms with E-state index in [9.17, 15) is 4.79 Å². The van der Waals surface area contributed by atoms with E-state index in [4.69, 9.17) is 33.7 Å². The molecule has 5 nitrogen and oxygen atoms in total. The molecule has 0 unspecified atom stereocenters. The Kier molecular flexibility index (Phi) is 6.87. The molecular formula is C23H20ClN3O2S2. The van der Waals surface area contributed by atoms with Crippen LogP contribution in [0, 0.1) is 0 Å². The summed E-state index contributed by atoms with van der Waals surface area (Å²) >= 11 is 12.8. The van der Waals surface area contributed by atoms with Crippen LogP contribution in [0.15, 0.2) is 65.7 Å². The van der Waals surface area contributed by atoms with E-state index in [0.29, 0.717) is 27.4 Å². The molecule has 1 saturated heterocycles. The number of para-hydroxylation sites is 1. The van der Waals surface area contributed by atoms with Crippen molar-refractivity contribution in [2.45, 2.75) is 6.42 Å². The quantitative estimate of drug-likeness (QED) is 0.262. The van der Waals surface area contributed by atoms with Crippen LogP contribution in [0.4, 0.5) is 0 Å². The lowest BCUT2D eigenvalue weighted by Crippen LogP contribution is -2.29. The molecule has 2 aromatic carbocycles. The maximum atomic E-state index is 12.9. The van der Waals surface area contributed by atoms with Crippen LogP contribution in [0.3, 0.4) is 0 Å². The largest absolute Gasteiger partial charge is 0.385 e. The lowest BCUT2D eigenvalue weighted by molar-refractivity contribution is -0.122. The summed E-state index contributed by atoms with van der Waals surface area (Å²) in [4.78, 5) is 15.2. The molecule has 1 fully saturated rings. The number of nitrogens with zero attached hydrogens (tertiary/aromatic N) is 3. The third kappa shape index (κ3) is 4.91. The second-order valence-corrected chi connectivity index (χ2v) is 9.01. The van der Waals surface area contributed by atoms with Gasteiger partial charge < -0.3 is 4.74 Å². The Bertz CT molecular complexity index is 1130. The molecule has 4 rings (SSSR count). The van der Waals surface area contributed by atoms with Gasteiger partial charge in [0.2, 0.25) is 0 Å². The number of hydrogen-bond acceptors (Lipinski definition) is 5. The fourth-order valence-electron chi connectivity index (χ4n) is 3.24. The zero-order chi connectivity index (χ0) is 21.8. The number of carbonyl (C=O) groups excluding carboxylic acids is 1. The number of carbonyl (C=O) groups is 1. The highest BCUT2D eigenvalue weighted by Crippen LogP contribution is 2.35. The molecule has 0 spiro atoms. The van der Waals surface area contributed by atoms with Gasteiger partial charge >= 0.3 is 0 Å². The van der Waals surface area contributed by atoms with Crippen molar-refractivity contribution in [1.29, 1.82) is 0 Å². The second kappa shape index (κ2) is 9.78. The summed E-state index contributed by atoms with van der Waals surface area (Å²) in [5.74, 6) is -0.0828. The molecule has 0 N–H and O–H groups in total. The van der Waals surface area contributed by atoms with Gasteiger partial charge in [-0.2, -0.15) is 5.10 Å². The standard InChI is InChI=1S/C23H20ClN3O2S2/c1-29-13-5-12-26-22(28)20(31-23(26)30)14-17-15-27(19-6-3-2-4-7-19)25-21(17)16-8-10-18(24)11-9-16/h2-4,6-11,14-15H,5,12-13H2,1H3. The smallest absolute Gasteiger partial charge is 0.266 e. The van der Waals surface area contributed by atoms with Gasteiger partial charge in [-0.05, 0) is 36.8 Å². The third-order valence-electron chi connectivity index (χ3n) is 4.77. The highest BCUT2D eigenvalue weighted by Gasteiger charge is 2.32. The number of aromatic nitrogens is 2. The maximum absolute atomic E-state index is 12.9. The molecule has 158 valence electrons. The molecular weight excluding hydrogens is 450 g/mol. The molecule has 1 amide bonds. The van der Waals surface area contributed by atoms with Crippen molar-refractivity contribution in [1.82, 2.24) is 14.7 Å². The van der Waals surface area contributed by atoms with E-state index in [0.717, 1.165) is 28.9 Å². The summed E-state index contributed by atoms with van der Waals surface area (Å²) in [5.41, 5.74) is 3.46. The topological polar surface area (TPSA) is 47.4 Å². The van der Waals surface area contributed by atoms with Crippen LogP contribution in [-0.4, -0.2) is 45.2 Å². The van der Waals surface area contributed by atoms with Gasteiger partial charge in [-0.3, -0.25) is 9.69 Å². The Labute approximate surface area is 195 Å². The van der Waals surface area contributed by atoms with E-state index < -0.39 is 0 Å². The minimum absolute atomic E-state index is 0.0828. The van der Waals surface area contributed by atoms with Crippen LogP contribution in [-0.2, 0) is 9.53 Å². The highest BCUT2D eigenvalue weighted by molar-refractivity contribution is 8.26. The number of ether oxygens (including phenoxy) is 1. The molecule has 0 aliphatic carbocycles. The number of rotatable bonds is 7. The number of methoxy groups -OCH3 is 1. The lowest BCUT2D eigenvalue weighted by atomic mass is 10.1. The monoisotopic (exact) mass is 469 g/mol. The molecule has 8 heteroatoms. The number of thiocarbonyl (C=S) groups is 1. The van der Waals surface area contributed by atoms with Gasteiger partial charge in [-0.1, -0.05) is 65.9 Å². The molecule has 31 heavy (non-hydrogen) atoms. The van der Waals surface area contributed by atoms with Crippen molar-refractivity contribution in [3.05, 3.63) is 76.3 Å². The fourth-order valence-corrected chi connectivity index (χ4v) is 4.66. The molecule has 0 bridgehead atoms. The molecule has 3 aromatic rings. The maximum Gasteiger partial charge on any atom is 0.266 e. The first-order valence-corrected chi connectivity index (χ1v) is 11.3. The molecule has 1 aliphatic rings. The lowest BCUT2D eigenvalue weighted by Gasteiger charge is -2.13. The molecule has 1 aromatic heterocycles. The molecule has 0 atom stereocenters. The zero-order valence-corrected chi connectivity index (χ0v) is 19.2. The second-order valence-electron chi connectivity index (χ2n) is 6.90. The first-order chi connectivity index (χ1) is 15.1. The van der Waals surface area contributed by atoms with Crippen LogP contribution < -0.4 is 0 Å². The SMILES string of the molecule is COCCCN1C(=O)C(=Cc2cn(-c3ccccc3)nc2-c2ccc(Cl)cc2)SC1=S. The van der Waals surface area contributed by atoms with Crippen molar-refractivity contribution in [2.24, 2.45) is 0 Å². The molecule has 0 saturated carbocycles. The average molecular weight is 470 g/mol. The number of amides is 1. The predicted octanol–water partition coefficient (Wildman–Crippen LogP) is 5.43. The molecule has 2 heterocycles. The summed E-state index contributed by atoms with van der Waals surface area (Å²) in [7, 11) is 1.65. The van der Waals surface area contributed by atoms with Crippen molar-refractivity contribution in [2.75, 3.05) is 20.3 Å². The van der Waals surface area contributed by atoms with Crippen LogP contribution in [0.5, 0.6) is 0 Å². The normalized spacial score (nSPS) is 15.3. The number of benzene rings is 2. The first-order valence-electron chi connectivity index (χ1n) is 9.72. The number of thioether (sulfide) groups is 1. The summed E-state index contributed by atoms with van der Waals surface area (Å²) in [6.07, 6.45) is 4.53. The molecule has 0 radical (unpaired) electrons. The van der Waals surface area contributed by atoms with Crippen LogP contribution in [0.25, 0.3) is 23.0 Å². The van der Waals surface area contributed by atoms with Gasteiger partial charge in [-0.15, -0.1) is 0 Å². The highest BCUT2D eigenvalue weighted by atomic mass is 35.5. The first kappa shape index (κ1) is 21.8. The Morgan fingerprint density at radius 1 is 1.16 bits per heavy atom. The minimum Gasteiger partial charge on any atom is -0.385 e. The van der Waals surface area contributed by atoms with Gasteiger partial charge in [0.15, 0.2) is 0 Å². The van der Waals surface area contributed by atoms with Crippen LogP contribution >= 0.6 is 35.6 Å². The summed E-state index contributed by atoms with van der Waals surface area (Å²) in [6.45, 7) is 1.13. The van der Waals surface area contributed by atoms with Crippen molar-refractivity contribution in [3.63, 3.8) is 0 Å². The Morgan fingerprint density at radius 2 is 1.90 bits per heavy atom. The Balaban J connectivity index is 1.71. The van der Waals surface area contributed by atoms with E-state index in [2.05, 4.69) is 0 Å². The van der Waals surface area contributed by atoms with Crippen molar-refractivity contribution >= 4 is 51.9 Å². The number of halogens is 1. The third-order valence-corrected chi connectivity index (χ3v) is 6.40. The van der Waals surface area contributed by atoms with Crippen molar-refractivity contribution in [3.8, 4) is 16.9 Å². The Hall–Kier alpha value is -2.45. The van der Waals surface area contributed by atoms with E-state index in [-0.39, 0.29) is 5.91 Å². The van der Waals surface area contributed by atoms with Gasteiger partial charge in [0.25, 0.3) is 5.91 Å². The summed E-state index contributed by atoms with van der Waals surface area (Å²) < 4.78 is 7.47.